The average Bonchev–Trinajstić information content (AvgIpc) is 1.56. The van der Waals surface area contributed by atoms with Crippen molar-refractivity contribution < 1.29 is 0 Å². The molecular weight excluding hydrogens is 1380 g/mol. The summed E-state index contributed by atoms with van der Waals surface area (Å²) in [5.41, 5.74) is 19.6. The summed E-state index contributed by atoms with van der Waals surface area (Å²) < 4.78 is 9.60. The van der Waals surface area contributed by atoms with Crippen molar-refractivity contribution in [3.8, 4) is 113 Å². The lowest BCUT2D eigenvalue weighted by Gasteiger charge is -2.14. The van der Waals surface area contributed by atoms with Crippen LogP contribution < -0.4 is 0 Å². The highest BCUT2D eigenvalue weighted by atomic mass is 32.1. The molecule has 0 aliphatic carbocycles. The van der Waals surface area contributed by atoms with Crippen LogP contribution in [-0.2, 0) is 0 Å². The van der Waals surface area contributed by atoms with Gasteiger partial charge in [0.1, 0.15) is 0 Å². The fourth-order valence-corrected chi connectivity index (χ4v) is 18.3. The lowest BCUT2D eigenvalue weighted by Crippen LogP contribution is -2.01. The van der Waals surface area contributed by atoms with Crippen molar-refractivity contribution >= 4 is 117 Å². The van der Waals surface area contributed by atoms with Gasteiger partial charge in [-0.25, -0.2) is 29.9 Å². The van der Waals surface area contributed by atoms with Crippen molar-refractivity contribution in [2.24, 2.45) is 0 Å². The molecule has 10 heteroatoms. The van der Waals surface area contributed by atoms with Crippen molar-refractivity contribution in [2.75, 3.05) is 0 Å². The molecule has 0 radical (unpaired) electrons. The first-order valence-electron chi connectivity index (χ1n) is 36.9. The minimum atomic E-state index is 0.646. The number of thiophene rings is 2. The number of aromatic nitrogens is 8. The fraction of sp³-hybridized carbons (Fsp3) is 0. The van der Waals surface area contributed by atoms with Crippen molar-refractivity contribution in [3.05, 3.63) is 376 Å². The third kappa shape index (κ3) is 11.4. The van der Waals surface area contributed by atoms with Crippen LogP contribution in [0.15, 0.2) is 376 Å². The number of fused-ring (bicyclic) bond motifs is 13. The molecule has 0 fully saturated rings. The third-order valence-electron chi connectivity index (χ3n) is 21.1. The lowest BCUT2D eigenvalue weighted by molar-refractivity contribution is 1.07. The maximum atomic E-state index is 5.23. The smallest absolute Gasteiger partial charge is 0.165 e. The minimum Gasteiger partial charge on any atom is -0.309 e. The Balaban J connectivity index is 0.000000140. The summed E-state index contributed by atoms with van der Waals surface area (Å²) in [7, 11) is 0. The van der Waals surface area contributed by atoms with Gasteiger partial charge in [-0.3, -0.25) is 0 Å². The van der Waals surface area contributed by atoms with E-state index in [0.717, 1.165) is 76.2 Å². The summed E-state index contributed by atoms with van der Waals surface area (Å²) >= 11 is 3.58. The zero-order chi connectivity index (χ0) is 72.6. The first-order valence-corrected chi connectivity index (χ1v) is 38.5. The monoisotopic (exact) mass is 1440 g/mol. The molecule has 110 heavy (non-hydrogen) atoms. The molecule has 0 aliphatic heterocycles. The Bertz CT molecular complexity index is 7100. The van der Waals surface area contributed by atoms with Gasteiger partial charge in [-0.15, -0.1) is 22.7 Å². The van der Waals surface area contributed by atoms with Crippen molar-refractivity contribution in [2.45, 2.75) is 0 Å². The molecule has 0 bridgehead atoms. The van der Waals surface area contributed by atoms with Crippen LogP contribution in [0.25, 0.3) is 208 Å². The minimum absolute atomic E-state index is 0.646. The Morgan fingerprint density at radius 2 is 0.527 bits per heavy atom. The summed E-state index contributed by atoms with van der Waals surface area (Å²) in [6.45, 7) is 0. The van der Waals surface area contributed by atoms with Crippen LogP contribution in [0, 0.1) is 0 Å². The fourth-order valence-electron chi connectivity index (χ4n) is 15.9. The molecule has 16 aromatic carbocycles. The van der Waals surface area contributed by atoms with Gasteiger partial charge in [-0.05, 0) is 117 Å². The highest BCUT2D eigenvalue weighted by Gasteiger charge is 2.25. The molecular formula is C100H62N8S2. The van der Waals surface area contributed by atoms with E-state index in [1.165, 1.54) is 96.6 Å². The Labute approximate surface area is 641 Å². The van der Waals surface area contributed by atoms with Gasteiger partial charge in [0, 0.05) is 107 Å². The first kappa shape index (κ1) is 64.2. The summed E-state index contributed by atoms with van der Waals surface area (Å²) in [6, 6.07) is 133. The molecule has 6 heterocycles. The molecule has 514 valence electrons. The van der Waals surface area contributed by atoms with Gasteiger partial charge in [-0.1, -0.05) is 303 Å². The van der Waals surface area contributed by atoms with Crippen molar-refractivity contribution in [1.29, 1.82) is 0 Å². The Morgan fingerprint density at radius 1 is 0.182 bits per heavy atom. The van der Waals surface area contributed by atoms with Gasteiger partial charge in [-0.2, -0.15) is 0 Å². The second-order valence-electron chi connectivity index (χ2n) is 27.7. The molecule has 0 atom stereocenters. The maximum Gasteiger partial charge on any atom is 0.165 e. The molecule has 0 N–H and O–H groups in total. The number of nitrogens with zero attached hydrogens (tertiary/aromatic N) is 8. The quantitative estimate of drug-likeness (QED) is 0.128. The molecule has 0 saturated carbocycles. The largest absolute Gasteiger partial charge is 0.309 e. The van der Waals surface area contributed by atoms with Crippen LogP contribution in [-0.4, -0.2) is 39.0 Å². The lowest BCUT2D eigenvalue weighted by atomic mass is 9.97. The van der Waals surface area contributed by atoms with E-state index in [1.807, 2.05) is 72.8 Å². The number of rotatable bonds is 11. The normalized spacial score (nSPS) is 11.6. The summed E-state index contributed by atoms with van der Waals surface area (Å²) in [5, 5.41) is 12.1. The highest BCUT2D eigenvalue weighted by molar-refractivity contribution is 7.26. The van der Waals surface area contributed by atoms with Crippen LogP contribution in [0.2, 0.25) is 0 Å². The Kier molecular flexibility index (Phi) is 15.8. The number of benzene rings is 16. The van der Waals surface area contributed by atoms with E-state index in [9.17, 15) is 0 Å². The van der Waals surface area contributed by atoms with E-state index in [4.69, 9.17) is 29.9 Å². The Hall–Kier alpha value is -14.2. The third-order valence-corrected chi connectivity index (χ3v) is 23.5. The summed E-state index contributed by atoms with van der Waals surface area (Å²) in [6.07, 6.45) is 0. The van der Waals surface area contributed by atoms with E-state index in [1.54, 1.807) is 22.7 Å². The number of hydrogen-bond acceptors (Lipinski definition) is 8. The second kappa shape index (κ2) is 27.0. The second-order valence-corrected chi connectivity index (χ2v) is 29.8. The molecule has 22 aromatic rings. The van der Waals surface area contributed by atoms with Gasteiger partial charge in [0.25, 0.3) is 0 Å². The van der Waals surface area contributed by atoms with Gasteiger partial charge in [0.15, 0.2) is 34.9 Å². The predicted molar refractivity (Wildman–Crippen MR) is 461 cm³/mol. The van der Waals surface area contributed by atoms with E-state index >= 15 is 0 Å². The standard InChI is InChI=1S/C51H32N4S.C49H30N4S/c1-5-15-33(16-6-1)37-25-27-45-41(29-37)42-30-38(34-17-7-2-8-18-34)26-28-46(42)55(45)39-31-43-40-23-13-14-24-47(40)56-48(43)44(32-39)51-53-49(35-19-9-3-10-20-35)52-50(54-51)36-21-11-4-12-22-36;1-3-15-32(16-4-1)47-50-48(33-17-5-2-6-18-33)52-49(51-47)42-30-35(29-41-40-22-10-12-25-45(40)54-46(41)42)53-43-24-11-9-21-38(43)39-27-26-34(28-44(39)53)37-23-13-19-31-14-7-8-20-36(31)37/h1-32H;1-30H. The Morgan fingerprint density at radius 3 is 0.991 bits per heavy atom. The average molecular weight is 1440 g/mol. The van der Waals surface area contributed by atoms with Crippen LogP contribution in [0.5, 0.6) is 0 Å². The molecule has 22 rings (SSSR count). The molecule has 0 unspecified atom stereocenters. The molecule has 0 spiro atoms. The van der Waals surface area contributed by atoms with E-state index in [2.05, 4.69) is 312 Å². The van der Waals surface area contributed by atoms with Crippen LogP contribution >= 0.6 is 22.7 Å². The van der Waals surface area contributed by atoms with Gasteiger partial charge < -0.3 is 9.13 Å². The molecule has 0 saturated heterocycles. The van der Waals surface area contributed by atoms with Crippen molar-refractivity contribution in [3.63, 3.8) is 0 Å². The molecule has 6 aromatic heterocycles. The van der Waals surface area contributed by atoms with Crippen molar-refractivity contribution in [1.82, 2.24) is 39.0 Å². The van der Waals surface area contributed by atoms with E-state index in [-0.39, 0.29) is 0 Å². The molecule has 0 amide bonds. The predicted octanol–water partition coefficient (Wildman–Crippen LogP) is 26.8. The topological polar surface area (TPSA) is 87.2 Å². The van der Waals surface area contributed by atoms with Crippen LogP contribution in [0.1, 0.15) is 0 Å². The van der Waals surface area contributed by atoms with E-state index < -0.39 is 0 Å². The SMILES string of the molecule is c1ccc(-c2ccc3c(c2)c2cc(-c4ccccc4)ccc2n3-c2cc(-c3nc(-c4ccccc4)nc(-c4ccccc4)n3)c3sc4ccccc4c3c2)cc1.c1ccc(-c2nc(-c3ccccc3)nc(-c3cc(-n4c5ccccc5c5ccc(-c6cccc7ccccc67)cc54)cc4c3sc3ccccc34)n2)cc1. The van der Waals surface area contributed by atoms with Crippen LogP contribution in [0.3, 0.4) is 0 Å². The van der Waals surface area contributed by atoms with Gasteiger partial charge in [0.05, 0.1) is 22.1 Å². The van der Waals surface area contributed by atoms with Gasteiger partial charge in [0.2, 0.25) is 0 Å². The zero-order valence-corrected chi connectivity index (χ0v) is 60.8. The summed E-state index contributed by atoms with van der Waals surface area (Å²) in [4.78, 5) is 30.9. The van der Waals surface area contributed by atoms with E-state index in [0.29, 0.717) is 34.9 Å². The number of hydrogen-bond donors (Lipinski definition) is 0. The maximum absolute atomic E-state index is 5.23. The van der Waals surface area contributed by atoms with Crippen LogP contribution in [0.4, 0.5) is 0 Å². The number of para-hydroxylation sites is 1. The zero-order valence-electron chi connectivity index (χ0n) is 59.2. The summed E-state index contributed by atoms with van der Waals surface area (Å²) in [5.74, 6) is 3.89. The first-order chi connectivity index (χ1) is 54.5. The molecule has 8 nitrogen and oxygen atoms in total. The van der Waals surface area contributed by atoms with Gasteiger partial charge >= 0.3 is 0 Å². The molecule has 0 aliphatic rings. The highest BCUT2D eigenvalue weighted by Crippen LogP contribution is 2.47.